The van der Waals surface area contributed by atoms with E-state index in [-0.39, 0.29) is 37.7 Å². The highest BCUT2D eigenvalue weighted by Gasteiger charge is 2.42. The molecule has 4 aliphatic carbocycles. The summed E-state index contributed by atoms with van der Waals surface area (Å²) in [6, 6.07) is 22.8. The molecule has 6 aromatic rings. The molecule has 368 valence electrons. The molecule has 14 nitrogen and oxygen atoms in total. The molecule has 6 unspecified atom stereocenters. The van der Waals surface area contributed by atoms with Gasteiger partial charge in [0.15, 0.2) is 0 Å². The minimum atomic E-state index is -1.23. The standard InChI is InChI=1S/C52H58F2N8O6S2/c1-67-51(65)59-41(17-19-69-3)49(63)61-27-35(53)25-45(61)47-55-39-15-13-33(23-43(39)57-47)37-21-29-5-9-31(37)11-7-30-6-10-32(12-8-29)38(22-30)34-14-16-40-44(24-34)58-48(56-40)46-26-36(54)28-62(46)50(64)42(18-20-70-4)60-52(66)68-2/h5-6,9-10,13-16,21-24,35-36,41-42,45-46H,7-8,11-12,17-20,25-28H2,1-4H3,(H,55,57)(H,56,58)(H,59,65)(H,60,66). The van der Waals surface area contributed by atoms with E-state index in [9.17, 15) is 19.2 Å². The van der Waals surface area contributed by atoms with Gasteiger partial charge in [-0.1, -0.05) is 48.5 Å². The summed E-state index contributed by atoms with van der Waals surface area (Å²) in [6.07, 6.45) is 4.10. The third-order valence-electron chi connectivity index (χ3n) is 13.8. The first-order valence-corrected chi connectivity index (χ1v) is 26.5. The van der Waals surface area contributed by atoms with Gasteiger partial charge in [0.2, 0.25) is 11.8 Å². The highest BCUT2D eigenvalue weighted by atomic mass is 32.2. The highest BCUT2D eigenvalue weighted by molar-refractivity contribution is 7.98. The van der Waals surface area contributed by atoms with Crippen molar-refractivity contribution in [3.8, 4) is 22.3 Å². The summed E-state index contributed by atoms with van der Waals surface area (Å²) in [5, 5.41) is 5.29. The van der Waals surface area contributed by atoms with Crippen LogP contribution < -0.4 is 10.6 Å². The number of aromatic nitrogens is 4. The number of H-pyrrole nitrogens is 2. The Morgan fingerprint density at radius 3 is 1.47 bits per heavy atom. The number of alkyl halides is 2. The lowest BCUT2D eigenvalue weighted by Crippen LogP contribution is -2.49. The lowest BCUT2D eigenvalue weighted by Gasteiger charge is -2.27. The number of hydrogen-bond donors (Lipinski definition) is 4. The molecule has 4 N–H and O–H groups in total. The molecule has 4 bridgehead atoms. The zero-order valence-electron chi connectivity index (χ0n) is 39.7. The van der Waals surface area contributed by atoms with Crippen LogP contribution in [0.2, 0.25) is 0 Å². The van der Waals surface area contributed by atoms with Crippen LogP contribution in [0.25, 0.3) is 44.3 Å². The van der Waals surface area contributed by atoms with E-state index < -0.39 is 48.7 Å². The number of imidazole rings is 2. The number of nitrogens with zero attached hydrogens (tertiary/aromatic N) is 4. The van der Waals surface area contributed by atoms with Crippen molar-refractivity contribution in [3.63, 3.8) is 0 Å². The summed E-state index contributed by atoms with van der Waals surface area (Å²) in [6.45, 7) is -0.171. The first-order valence-electron chi connectivity index (χ1n) is 23.7. The molecule has 0 saturated carbocycles. The quantitative estimate of drug-likeness (QED) is 0.0826. The molecular formula is C52H58F2N8O6S2. The molecule has 0 radical (unpaired) electrons. The molecule has 4 aromatic carbocycles. The third kappa shape index (κ3) is 10.5. The number of aryl methyl sites for hydroxylation is 4. The maximum atomic E-state index is 15.1. The molecule has 2 saturated heterocycles. The van der Waals surface area contributed by atoms with Crippen LogP contribution in [0, 0.1) is 0 Å². The summed E-state index contributed by atoms with van der Waals surface area (Å²) in [5.74, 6) is 1.55. The van der Waals surface area contributed by atoms with Crippen LogP contribution in [-0.4, -0.2) is 129 Å². The van der Waals surface area contributed by atoms with Crippen molar-refractivity contribution in [1.82, 2.24) is 40.4 Å². The Balaban J connectivity index is 0.942. The second-order valence-electron chi connectivity index (χ2n) is 18.3. The van der Waals surface area contributed by atoms with E-state index >= 15 is 8.78 Å². The summed E-state index contributed by atoms with van der Waals surface area (Å²) >= 11 is 3.11. The van der Waals surface area contributed by atoms with Crippen molar-refractivity contribution >= 4 is 69.6 Å². The predicted molar refractivity (Wildman–Crippen MR) is 270 cm³/mol. The number of fused-ring (bicyclic) bond motifs is 2. The van der Waals surface area contributed by atoms with Gasteiger partial charge < -0.3 is 39.9 Å². The van der Waals surface area contributed by atoms with Crippen molar-refractivity contribution in [2.24, 2.45) is 0 Å². The van der Waals surface area contributed by atoms with Gasteiger partial charge in [-0.15, -0.1) is 0 Å². The fraction of sp³-hybridized carbons (Fsp3) is 0.423. The molecule has 70 heavy (non-hydrogen) atoms. The van der Waals surface area contributed by atoms with Crippen molar-refractivity contribution in [2.75, 3.05) is 51.3 Å². The van der Waals surface area contributed by atoms with Crippen molar-refractivity contribution < 1.29 is 37.4 Å². The number of methoxy groups -OCH3 is 2. The number of benzene rings is 4. The SMILES string of the molecule is COC(=O)NC(CCSC)C(=O)N1CC(F)CC1c1nc2ccc(-c3cc4ccc3CCc3ccc(c(-c5ccc6nc(C7CC(F)CN7C(=O)C(CCSC)NC(=O)OC)[nH]c6c5)c3)CC4)cc2[nH]1. The zero-order valence-corrected chi connectivity index (χ0v) is 41.3. The van der Waals surface area contributed by atoms with Gasteiger partial charge in [0.25, 0.3) is 0 Å². The van der Waals surface area contributed by atoms with E-state index in [0.717, 1.165) is 59.0 Å². The van der Waals surface area contributed by atoms with Crippen LogP contribution >= 0.6 is 23.5 Å². The third-order valence-corrected chi connectivity index (χ3v) is 15.1. The molecule has 2 aliphatic heterocycles. The highest BCUT2D eigenvalue weighted by Crippen LogP contribution is 2.38. The van der Waals surface area contributed by atoms with Crippen LogP contribution in [0.1, 0.15) is 71.7 Å². The van der Waals surface area contributed by atoms with Gasteiger partial charge in [0, 0.05) is 12.8 Å². The second kappa shape index (κ2) is 21.5. The smallest absolute Gasteiger partial charge is 0.407 e. The topological polar surface area (TPSA) is 175 Å². The Labute approximate surface area is 413 Å². The van der Waals surface area contributed by atoms with Crippen LogP contribution in [-0.2, 0) is 44.7 Å². The number of nitrogens with one attached hydrogen (secondary N) is 4. The van der Waals surface area contributed by atoms with E-state index in [1.54, 1.807) is 23.5 Å². The van der Waals surface area contributed by atoms with Crippen LogP contribution in [0.5, 0.6) is 0 Å². The number of alkyl carbamates (subject to hydrolysis) is 2. The number of ether oxygens (including phenoxy) is 2. The Morgan fingerprint density at radius 2 is 1.07 bits per heavy atom. The molecule has 6 atom stereocenters. The Morgan fingerprint density at radius 1 is 0.643 bits per heavy atom. The first-order chi connectivity index (χ1) is 33.9. The van der Waals surface area contributed by atoms with Crippen LogP contribution in [0.3, 0.4) is 0 Å². The molecule has 18 heteroatoms. The van der Waals surface area contributed by atoms with Crippen LogP contribution in [0.15, 0.2) is 72.8 Å². The van der Waals surface area contributed by atoms with Gasteiger partial charge in [-0.3, -0.25) is 9.59 Å². The van der Waals surface area contributed by atoms with Crippen molar-refractivity contribution in [3.05, 3.63) is 107 Å². The molecule has 12 rings (SSSR count). The summed E-state index contributed by atoms with van der Waals surface area (Å²) in [7, 11) is 2.50. The van der Waals surface area contributed by atoms with Crippen molar-refractivity contribution in [2.45, 2.75) is 87.9 Å². The Bertz CT molecular complexity index is 2720. The van der Waals surface area contributed by atoms with Crippen LogP contribution in [0.4, 0.5) is 18.4 Å². The van der Waals surface area contributed by atoms with Crippen molar-refractivity contribution in [1.29, 1.82) is 0 Å². The van der Waals surface area contributed by atoms with Gasteiger partial charge in [0.1, 0.15) is 36.1 Å². The van der Waals surface area contributed by atoms with E-state index in [0.29, 0.717) is 47.0 Å². The zero-order chi connectivity index (χ0) is 49.1. The molecular weight excluding hydrogens is 935 g/mol. The second-order valence-corrected chi connectivity index (χ2v) is 20.3. The number of aromatic amines is 2. The molecule has 4 amide bonds. The Kier molecular flexibility index (Phi) is 15.0. The van der Waals surface area contributed by atoms with Gasteiger partial charge in [0.05, 0.1) is 61.5 Å². The predicted octanol–water partition coefficient (Wildman–Crippen LogP) is 8.84. The maximum Gasteiger partial charge on any atom is 0.407 e. The number of thioether (sulfide) groups is 2. The number of amides is 4. The molecule has 2 aromatic heterocycles. The number of rotatable bonds is 14. The van der Waals surface area contributed by atoms with E-state index in [1.807, 2.05) is 24.6 Å². The maximum absolute atomic E-state index is 15.1. The monoisotopic (exact) mass is 992 g/mol. The lowest BCUT2D eigenvalue weighted by atomic mass is 9.87. The number of carbonyl (C=O) groups is 4. The lowest BCUT2D eigenvalue weighted by molar-refractivity contribution is -0.135. The van der Waals surface area contributed by atoms with E-state index in [1.165, 1.54) is 46.3 Å². The van der Waals surface area contributed by atoms with E-state index in [4.69, 9.17) is 19.4 Å². The number of halogens is 2. The summed E-state index contributed by atoms with van der Waals surface area (Å²) in [5.41, 5.74) is 12.1. The fourth-order valence-corrected chi connectivity index (χ4v) is 11.1. The average molecular weight is 993 g/mol. The summed E-state index contributed by atoms with van der Waals surface area (Å²) < 4.78 is 39.8. The molecule has 0 spiro atoms. The normalized spacial score (nSPS) is 19.8. The fourth-order valence-electron chi connectivity index (χ4n) is 10.2. The number of hydrogen-bond acceptors (Lipinski definition) is 10. The first kappa shape index (κ1) is 48.9. The minimum absolute atomic E-state index is 0.0857. The molecule has 2 fully saturated rings. The van der Waals surface area contributed by atoms with Gasteiger partial charge in [-0.2, -0.15) is 23.5 Å². The average Bonchev–Trinajstić information content (AvgIpc) is 4.18. The number of likely N-dealkylation sites (tertiary alicyclic amines) is 2. The number of carbonyl (C=O) groups excluding carboxylic acids is 4. The van der Waals surface area contributed by atoms with Gasteiger partial charge >= 0.3 is 12.2 Å². The van der Waals surface area contributed by atoms with E-state index in [2.05, 4.69) is 81.3 Å². The molecule has 6 aliphatic rings. The molecule has 4 heterocycles. The Hall–Kier alpha value is -6.14. The van der Waals surface area contributed by atoms with Gasteiger partial charge in [-0.25, -0.2) is 28.3 Å². The summed E-state index contributed by atoms with van der Waals surface area (Å²) in [4.78, 5) is 71.6. The minimum Gasteiger partial charge on any atom is -0.453 e. The largest absolute Gasteiger partial charge is 0.453 e. The van der Waals surface area contributed by atoms with Gasteiger partial charge in [-0.05, 0) is 131 Å².